The molecule has 1 heterocycles. The molecule has 0 saturated carbocycles. The second-order valence-corrected chi connectivity index (χ2v) is 4.69. The zero-order chi connectivity index (χ0) is 14.2. The molecule has 2 aromatic rings. The molecule has 1 aromatic carbocycles. The predicted octanol–water partition coefficient (Wildman–Crippen LogP) is 3.33. The minimum Gasteiger partial charge on any atom is -0.487 e. The fourth-order valence-electron chi connectivity index (χ4n) is 1.97. The molecule has 0 aliphatic carbocycles. The Bertz CT molecular complexity index is 540. The maximum Gasteiger partial charge on any atom is 0.130 e. The van der Waals surface area contributed by atoms with Crippen molar-refractivity contribution in [3.63, 3.8) is 0 Å². The van der Waals surface area contributed by atoms with Crippen molar-refractivity contribution in [1.82, 2.24) is 10.3 Å². The minimum absolute atomic E-state index is 0.507. The van der Waals surface area contributed by atoms with E-state index in [-0.39, 0.29) is 0 Å². The zero-order valence-electron chi connectivity index (χ0n) is 12.2. The smallest absolute Gasteiger partial charge is 0.130 e. The van der Waals surface area contributed by atoms with E-state index in [4.69, 9.17) is 4.74 Å². The number of aryl methyl sites for hydroxylation is 1. The van der Waals surface area contributed by atoms with Gasteiger partial charge >= 0.3 is 0 Å². The fourth-order valence-corrected chi connectivity index (χ4v) is 1.97. The van der Waals surface area contributed by atoms with Gasteiger partial charge < -0.3 is 10.1 Å². The van der Waals surface area contributed by atoms with Crippen LogP contribution in [0.5, 0.6) is 5.75 Å². The summed E-state index contributed by atoms with van der Waals surface area (Å²) in [6.45, 7) is 6.49. The molecule has 3 nitrogen and oxygen atoms in total. The van der Waals surface area contributed by atoms with Crippen LogP contribution in [0.4, 0.5) is 0 Å². The Morgan fingerprint density at radius 3 is 2.65 bits per heavy atom. The zero-order valence-corrected chi connectivity index (χ0v) is 12.2. The van der Waals surface area contributed by atoms with Crippen LogP contribution in [0.3, 0.4) is 0 Å². The average molecular weight is 270 g/mol. The SMILES string of the molecule is CCNCc1cccc(COc2cccc(CC)c2)n1. The number of hydrogen-bond acceptors (Lipinski definition) is 3. The minimum atomic E-state index is 0.507. The molecule has 0 bridgehead atoms. The number of nitrogens with zero attached hydrogens (tertiary/aromatic N) is 1. The van der Waals surface area contributed by atoms with E-state index in [0.29, 0.717) is 6.61 Å². The van der Waals surface area contributed by atoms with Crippen LogP contribution in [0.1, 0.15) is 30.8 Å². The van der Waals surface area contributed by atoms with E-state index in [1.807, 2.05) is 30.3 Å². The summed E-state index contributed by atoms with van der Waals surface area (Å²) < 4.78 is 5.81. The number of ether oxygens (including phenoxy) is 1. The molecule has 106 valence electrons. The number of hydrogen-bond donors (Lipinski definition) is 1. The molecule has 0 aliphatic heterocycles. The van der Waals surface area contributed by atoms with Crippen LogP contribution in [0, 0.1) is 0 Å². The van der Waals surface area contributed by atoms with Crippen molar-refractivity contribution in [2.75, 3.05) is 6.54 Å². The molecule has 0 atom stereocenters. The first-order valence-corrected chi connectivity index (χ1v) is 7.19. The molecule has 0 amide bonds. The molecule has 3 heteroatoms. The van der Waals surface area contributed by atoms with E-state index in [0.717, 1.165) is 36.6 Å². The van der Waals surface area contributed by atoms with Crippen molar-refractivity contribution in [1.29, 1.82) is 0 Å². The van der Waals surface area contributed by atoms with Gasteiger partial charge in [0.05, 0.1) is 11.4 Å². The standard InChI is InChI=1S/C17H22N2O/c1-3-14-7-5-10-17(11-14)20-13-16-9-6-8-15(19-16)12-18-4-2/h5-11,18H,3-4,12-13H2,1-2H3. The van der Waals surface area contributed by atoms with Gasteiger partial charge in [-0.15, -0.1) is 0 Å². The van der Waals surface area contributed by atoms with E-state index >= 15 is 0 Å². The van der Waals surface area contributed by atoms with E-state index in [2.05, 4.69) is 36.3 Å². The lowest BCUT2D eigenvalue weighted by molar-refractivity contribution is 0.300. The van der Waals surface area contributed by atoms with Crippen LogP contribution < -0.4 is 10.1 Å². The Kier molecular flexibility index (Phi) is 5.56. The molecule has 2 rings (SSSR count). The third kappa shape index (κ3) is 4.35. The fraction of sp³-hybridized carbons (Fsp3) is 0.353. The first-order chi connectivity index (χ1) is 9.81. The highest BCUT2D eigenvalue weighted by Gasteiger charge is 2.00. The van der Waals surface area contributed by atoms with Gasteiger partial charge in [-0.2, -0.15) is 0 Å². The van der Waals surface area contributed by atoms with Gasteiger partial charge in [-0.1, -0.05) is 32.0 Å². The van der Waals surface area contributed by atoms with Crippen LogP contribution in [0.15, 0.2) is 42.5 Å². The van der Waals surface area contributed by atoms with Gasteiger partial charge in [0.15, 0.2) is 0 Å². The van der Waals surface area contributed by atoms with Crippen LogP contribution in [-0.2, 0) is 19.6 Å². The Labute approximate surface area is 121 Å². The number of benzene rings is 1. The van der Waals surface area contributed by atoms with Gasteiger partial charge in [0.2, 0.25) is 0 Å². The maximum atomic E-state index is 5.81. The Balaban J connectivity index is 1.95. The summed E-state index contributed by atoms with van der Waals surface area (Å²) in [7, 11) is 0. The lowest BCUT2D eigenvalue weighted by atomic mass is 10.2. The summed E-state index contributed by atoms with van der Waals surface area (Å²) in [5.41, 5.74) is 3.30. The van der Waals surface area contributed by atoms with E-state index < -0.39 is 0 Å². The highest BCUT2D eigenvalue weighted by atomic mass is 16.5. The van der Waals surface area contributed by atoms with Gasteiger partial charge in [0, 0.05) is 6.54 Å². The predicted molar refractivity (Wildman–Crippen MR) is 81.8 cm³/mol. The van der Waals surface area contributed by atoms with Crippen molar-refractivity contribution < 1.29 is 4.74 Å². The van der Waals surface area contributed by atoms with Crippen molar-refractivity contribution in [2.24, 2.45) is 0 Å². The van der Waals surface area contributed by atoms with Crippen molar-refractivity contribution in [3.05, 3.63) is 59.4 Å². The van der Waals surface area contributed by atoms with Crippen LogP contribution in [0.25, 0.3) is 0 Å². The first kappa shape index (κ1) is 14.5. The van der Waals surface area contributed by atoms with Gasteiger partial charge in [-0.05, 0) is 42.8 Å². The second-order valence-electron chi connectivity index (χ2n) is 4.69. The number of nitrogens with one attached hydrogen (secondary N) is 1. The largest absolute Gasteiger partial charge is 0.487 e. The van der Waals surface area contributed by atoms with Gasteiger partial charge in [0.25, 0.3) is 0 Å². The second kappa shape index (κ2) is 7.65. The summed E-state index contributed by atoms with van der Waals surface area (Å²) in [6.07, 6.45) is 1.02. The van der Waals surface area contributed by atoms with Crippen LogP contribution in [-0.4, -0.2) is 11.5 Å². The third-order valence-electron chi connectivity index (χ3n) is 3.11. The highest BCUT2D eigenvalue weighted by Crippen LogP contribution is 2.15. The number of aromatic nitrogens is 1. The van der Waals surface area contributed by atoms with Gasteiger partial charge in [0.1, 0.15) is 12.4 Å². The molecular formula is C17H22N2O. The molecule has 0 aliphatic rings. The van der Waals surface area contributed by atoms with E-state index in [1.54, 1.807) is 0 Å². The van der Waals surface area contributed by atoms with Crippen molar-refractivity contribution in [3.8, 4) is 5.75 Å². The summed E-state index contributed by atoms with van der Waals surface area (Å²) in [5, 5.41) is 3.28. The Hall–Kier alpha value is -1.87. The quantitative estimate of drug-likeness (QED) is 0.838. The summed E-state index contributed by atoms with van der Waals surface area (Å²) in [6, 6.07) is 14.3. The number of rotatable bonds is 7. The van der Waals surface area contributed by atoms with Crippen molar-refractivity contribution in [2.45, 2.75) is 33.4 Å². The topological polar surface area (TPSA) is 34.1 Å². The summed E-state index contributed by atoms with van der Waals surface area (Å²) in [5.74, 6) is 0.906. The molecule has 0 spiro atoms. The lowest BCUT2D eigenvalue weighted by Gasteiger charge is -2.08. The third-order valence-corrected chi connectivity index (χ3v) is 3.11. The summed E-state index contributed by atoms with van der Waals surface area (Å²) in [4.78, 5) is 4.58. The molecule has 0 radical (unpaired) electrons. The average Bonchev–Trinajstić information content (AvgIpc) is 2.51. The molecule has 0 saturated heterocycles. The number of pyridine rings is 1. The highest BCUT2D eigenvalue weighted by molar-refractivity contribution is 5.28. The van der Waals surface area contributed by atoms with E-state index in [9.17, 15) is 0 Å². The maximum absolute atomic E-state index is 5.81. The van der Waals surface area contributed by atoms with E-state index in [1.165, 1.54) is 5.56 Å². The normalized spacial score (nSPS) is 10.5. The molecule has 0 fully saturated rings. The lowest BCUT2D eigenvalue weighted by Crippen LogP contribution is -2.13. The molecular weight excluding hydrogens is 248 g/mol. The molecule has 1 aromatic heterocycles. The molecule has 1 N–H and O–H groups in total. The molecule has 0 unspecified atom stereocenters. The first-order valence-electron chi connectivity index (χ1n) is 7.19. The van der Waals surface area contributed by atoms with Crippen LogP contribution in [0.2, 0.25) is 0 Å². The summed E-state index contributed by atoms with van der Waals surface area (Å²) >= 11 is 0. The Morgan fingerprint density at radius 2 is 1.85 bits per heavy atom. The van der Waals surface area contributed by atoms with Crippen molar-refractivity contribution >= 4 is 0 Å². The molecule has 20 heavy (non-hydrogen) atoms. The van der Waals surface area contributed by atoms with Crippen LogP contribution >= 0.6 is 0 Å². The monoisotopic (exact) mass is 270 g/mol. The Morgan fingerprint density at radius 1 is 1.05 bits per heavy atom. The van der Waals surface area contributed by atoms with Gasteiger partial charge in [-0.25, -0.2) is 0 Å². The van der Waals surface area contributed by atoms with Gasteiger partial charge in [-0.3, -0.25) is 4.98 Å².